The van der Waals surface area contributed by atoms with Crippen LogP contribution in [0, 0.1) is 12.8 Å². The Bertz CT molecular complexity index is 1090. The Kier molecular flexibility index (Phi) is 10.1. The van der Waals surface area contributed by atoms with Gasteiger partial charge in [0.25, 0.3) is 5.91 Å². The summed E-state index contributed by atoms with van der Waals surface area (Å²) < 4.78 is 5.86. The van der Waals surface area contributed by atoms with Gasteiger partial charge in [-0.2, -0.15) is 0 Å². The first kappa shape index (κ1) is 27.0. The third-order valence-electron chi connectivity index (χ3n) is 6.12. The van der Waals surface area contributed by atoms with Crippen LogP contribution in [0.1, 0.15) is 43.0 Å². The van der Waals surface area contributed by atoms with Crippen LogP contribution >= 0.6 is 0 Å². The molecule has 0 aliphatic rings. The fraction of sp³-hybridized carbons (Fsp3) is 0.355. The van der Waals surface area contributed by atoms with Crippen molar-refractivity contribution >= 4 is 11.8 Å². The Morgan fingerprint density at radius 2 is 1.50 bits per heavy atom. The van der Waals surface area contributed by atoms with Crippen molar-refractivity contribution in [1.82, 2.24) is 10.2 Å². The Hall–Kier alpha value is -3.60. The second kappa shape index (κ2) is 13.5. The smallest absolute Gasteiger partial charge is 0.261 e. The maximum Gasteiger partial charge on any atom is 0.261 e. The molecule has 0 heterocycles. The Labute approximate surface area is 215 Å². The minimum atomic E-state index is -0.661. The summed E-state index contributed by atoms with van der Waals surface area (Å²) >= 11 is 0. The van der Waals surface area contributed by atoms with Crippen LogP contribution in [0.15, 0.2) is 78.9 Å². The number of amides is 2. The summed E-state index contributed by atoms with van der Waals surface area (Å²) in [7, 11) is 0. The summed E-state index contributed by atoms with van der Waals surface area (Å²) in [6, 6.07) is 25.0. The van der Waals surface area contributed by atoms with Crippen molar-refractivity contribution in [2.75, 3.05) is 13.2 Å². The van der Waals surface area contributed by atoms with Gasteiger partial charge in [0.1, 0.15) is 11.8 Å². The molecule has 36 heavy (non-hydrogen) atoms. The summed E-state index contributed by atoms with van der Waals surface area (Å²) in [6.45, 7) is 8.97. The average Bonchev–Trinajstić information content (AvgIpc) is 2.89. The molecule has 3 aromatic rings. The minimum absolute atomic E-state index is 0.139. The first-order chi connectivity index (χ1) is 17.4. The maximum absolute atomic E-state index is 13.6. The lowest BCUT2D eigenvalue weighted by atomic mass is 10.0. The number of nitrogens with one attached hydrogen (secondary N) is 1. The SMILES string of the molecule is CCc1ccc(OCC(=O)N(Cc2ccc(C)cc2)[C@@H](Cc2ccccc2)C(=O)NCC(C)C)cc1. The topological polar surface area (TPSA) is 58.6 Å². The molecule has 3 rings (SSSR count). The Balaban J connectivity index is 1.87. The van der Waals surface area contributed by atoms with E-state index in [1.54, 1.807) is 4.90 Å². The molecule has 190 valence electrons. The summed E-state index contributed by atoms with van der Waals surface area (Å²) in [5.41, 5.74) is 4.32. The largest absolute Gasteiger partial charge is 0.484 e. The van der Waals surface area contributed by atoms with Crippen LogP contribution in [0.2, 0.25) is 0 Å². The summed E-state index contributed by atoms with van der Waals surface area (Å²) in [5, 5.41) is 3.05. The number of aryl methyl sites for hydroxylation is 2. The molecule has 0 aliphatic carbocycles. The molecule has 0 saturated heterocycles. The molecule has 0 fully saturated rings. The van der Waals surface area contributed by atoms with Crippen molar-refractivity contribution in [3.05, 3.63) is 101 Å². The predicted octanol–water partition coefficient (Wildman–Crippen LogP) is 5.35. The second-order valence-corrected chi connectivity index (χ2v) is 9.64. The number of rotatable bonds is 12. The van der Waals surface area contributed by atoms with Crippen molar-refractivity contribution < 1.29 is 14.3 Å². The Morgan fingerprint density at radius 1 is 0.861 bits per heavy atom. The molecule has 1 N–H and O–H groups in total. The van der Waals surface area contributed by atoms with Crippen molar-refractivity contribution in [3.8, 4) is 5.75 Å². The zero-order valence-electron chi connectivity index (χ0n) is 21.9. The number of ether oxygens (including phenoxy) is 1. The molecule has 2 amide bonds. The zero-order chi connectivity index (χ0) is 25.9. The highest BCUT2D eigenvalue weighted by atomic mass is 16.5. The molecule has 0 bridgehead atoms. The predicted molar refractivity (Wildman–Crippen MR) is 145 cm³/mol. The van der Waals surface area contributed by atoms with E-state index in [4.69, 9.17) is 4.74 Å². The van der Waals surface area contributed by atoms with Crippen LogP contribution in [-0.4, -0.2) is 35.9 Å². The molecule has 0 spiro atoms. The normalized spacial score (nSPS) is 11.7. The van der Waals surface area contributed by atoms with Gasteiger partial charge in [-0.25, -0.2) is 0 Å². The molecule has 5 heteroatoms. The summed E-state index contributed by atoms with van der Waals surface area (Å²) in [5.74, 6) is 0.567. The number of carbonyl (C=O) groups is 2. The molecule has 0 unspecified atom stereocenters. The van der Waals surface area contributed by atoms with Gasteiger partial charge in [0.15, 0.2) is 6.61 Å². The zero-order valence-corrected chi connectivity index (χ0v) is 21.9. The number of carbonyl (C=O) groups excluding carboxylic acids is 2. The van der Waals surface area contributed by atoms with Crippen molar-refractivity contribution in [1.29, 1.82) is 0 Å². The quantitative estimate of drug-likeness (QED) is 0.376. The molecule has 3 aromatic carbocycles. The lowest BCUT2D eigenvalue weighted by Crippen LogP contribution is -2.52. The van der Waals surface area contributed by atoms with Crippen LogP contribution in [0.5, 0.6) is 5.75 Å². The van der Waals surface area contributed by atoms with E-state index in [0.717, 1.165) is 23.1 Å². The number of hydrogen-bond donors (Lipinski definition) is 1. The van der Waals surface area contributed by atoms with Crippen molar-refractivity contribution in [2.45, 2.75) is 53.1 Å². The van der Waals surface area contributed by atoms with Gasteiger partial charge in [0.05, 0.1) is 0 Å². The Morgan fingerprint density at radius 3 is 2.11 bits per heavy atom. The molecule has 0 saturated carbocycles. The third-order valence-corrected chi connectivity index (χ3v) is 6.12. The van der Waals surface area contributed by atoms with Crippen LogP contribution in [0.25, 0.3) is 0 Å². The number of nitrogens with zero attached hydrogens (tertiary/aromatic N) is 1. The highest BCUT2D eigenvalue weighted by Crippen LogP contribution is 2.17. The second-order valence-electron chi connectivity index (χ2n) is 9.64. The van der Waals surface area contributed by atoms with E-state index >= 15 is 0 Å². The van der Waals surface area contributed by atoms with Crippen molar-refractivity contribution in [3.63, 3.8) is 0 Å². The van der Waals surface area contributed by atoms with E-state index in [-0.39, 0.29) is 18.4 Å². The molecule has 0 radical (unpaired) electrons. The van der Waals surface area contributed by atoms with E-state index in [9.17, 15) is 9.59 Å². The lowest BCUT2D eigenvalue weighted by Gasteiger charge is -2.31. The first-order valence-corrected chi connectivity index (χ1v) is 12.7. The average molecular weight is 487 g/mol. The standard InChI is InChI=1S/C31H38N2O3/c1-5-25-15-17-28(18-16-25)36-22-30(34)33(21-27-13-11-24(4)12-14-27)29(31(35)32-20-23(2)3)19-26-9-7-6-8-10-26/h6-18,23,29H,5,19-22H2,1-4H3,(H,32,35)/t29-/m0/s1. The molecule has 1 atom stereocenters. The third kappa shape index (κ3) is 8.26. The van der Waals surface area contributed by atoms with Crippen LogP contribution in [0.3, 0.4) is 0 Å². The van der Waals surface area contributed by atoms with Gasteiger partial charge in [0, 0.05) is 19.5 Å². The van der Waals surface area contributed by atoms with Crippen LogP contribution < -0.4 is 10.1 Å². The maximum atomic E-state index is 13.6. The minimum Gasteiger partial charge on any atom is -0.484 e. The molecular weight excluding hydrogens is 448 g/mol. The van der Waals surface area contributed by atoms with Gasteiger partial charge in [-0.3, -0.25) is 9.59 Å². The monoisotopic (exact) mass is 486 g/mol. The van der Waals surface area contributed by atoms with Crippen LogP contribution in [0.4, 0.5) is 0 Å². The van der Waals surface area contributed by atoms with Gasteiger partial charge >= 0.3 is 0 Å². The first-order valence-electron chi connectivity index (χ1n) is 12.7. The van der Waals surface area contributed by atoms with Gasteiger partial charge in [0.2, 0.25) is 5.91 Å². The molecule has 5 nitrogen and oxygen atoms in total. The van der Waals surface area contributed by atoms with Crippen LogP contribution in [-0.2, 0) is 29.0 Å². The van der Waals surface area contributed by atoms with E-state index < -0.39 is 6.04 Å². The summed E-state index contributed by atoms with van der Waals surface area (Å²) in [4.78, 5) is 28.7. The van der Waals surface area contributed by atoms with Gasteiger partial charge in [-0.05, 0) is 48.1 Å². The number of hydrogen-bond acceptors (Lipinski definition) is 3. The highest BCUT2D eigenvalue weighted by molar-refractivity contribution is 5.88. The molecule has 0 aliphatic heterocycles. The molecule has 0 aromatic heterocycles. The van der Waals surface area contributed by atoms with E-state index in [0.29, 0.717) is 31.2 Å². The van der Waals surface area contributed by atoms with Crippen molar-refractivity contribution in [2.24, 2.45) is 5.92 Å². The molecular formula is C31H38N2O3. The fourth-order valence-corrected chi connectivity index (χ4v) is 3.92. The van der Waals surface area contributed by atoms with Gasteiger partial charge in [-0.15, -0.1) is 0 Å². The fourth-order valence-electron chi connectivity index (χ4n) is 3.92. The lowest BCUT2D eigenvalue weighted by molar-refractivity contribution is -0.142. The van der Waals surface area contributed by atoms with Gasteiger partial charge in [-0.1, -0.05) is 93.1 Å². The van der Waals surface area contributed by atoms with E-state index in [1.165, 1.54) is 5.56 Å². The highest BCUT2D eigenvalue weighted by Gasteiger charge is 2.30. The van der Waals surface area contributed by atoms with Gasteiger partial charge < -0.3 is 15.0 Å². The number of benzene rings is 3. The van der Waals surface area contributed by atoms with E-state index in [1.807, 2.05) is 85.8 Å². The summed E-state index contributed by atoms with van der Waals surface area (Å²) in [6.07, 6.45) is 1.36. The van der Waals surface area contributed by atoms with E-state index in [2.05, 4.69) is 26.1 Å².